The number of ether oxygens (including phenoxy) is 2. The van der Waals surface area contributed by atoms with Crippen molar-refractivity contribution in [2.45, 2.75) is 42.8 Å². The number of carbonyl (C=O) groups is 2. The largest absolute Gasteiger partial charge is 0.494 e. The Morgan fingerprint density at radius 2 is 1.87 bits per heavy atom. The predicted octanol–water partition coefficient (Wildman–Crippen LogP) is 3.98. The number of aromatic nitrogens is 3. The summed E-state index contributed by atoms with van der Waals surface area (Å²) in [6, 6.07) is 8.02. The van der Waals surface area contributed by atoms with E-state index in [0.717, 1.165) is 22.9 Å². The van der Waals surface area contributed by atoms with Gasteiger partial charge in [-0.25, -0.2) is 18.4 Å². The number of aliphatic hydroxyl groups is 1. The minimum atomic E-state index is -5.40. The lowest BCUT2D eigenvalue weighted by Gasteiger charge is -2.31. The number of halogens is 5. The van der Waals surface area contributed by atoms with Crippen LogP contribution >= 0.6 is 0 Å². The Hall–Kier alpha value is -4.79. The molecule has 1 fully saturated rings. The van der Waals surface area contributed by atoms with Crippen molar-refractivity contribution in [3.05, 3.63) is 71.3 Å². The van der Waals surface area contributed by atoms with Gasteiger partial charge in [0.05, 0.1) is 19.3 Å². The van der Waals surface area contributed by atoms with Crippen LogP contribution in [-0.4, -0.2) is 58.1 Å². The van der Waals surface area contributed by atoms with E-state index in [-0.39, 0.29) is 58.8 Å². The van der Waals surface area contributed by atoms with Gasteiger partial charge in [-0.1, -0.05) is 0 Å². The molecule has 2 aliphatic rings. The van der Waals surface area contributed by atoms with Crippen molar-refractivity contribution < 1.29 is 46.1 Å². The molecule has 15 heteroatoms. The maximum Gasteiger partial charge on any atom is 0.424 e. The van der Waals surface area contributed by atoms with E-state index in [0.29, 0.717) is 5.39 Å². The van der Waals surface area contributed by atoms with Gasteiger partial charge in [0, 0.05) is 41.1 Å². The predicted molar refractivity (Wildman–Crippen MR) is 149 cm³/mol. The van der Waals surface area contributed by atoms with E-state index in [1.807, 2.05) is 0 Å². The number of pyridine rings is 1. The van der Waals surface area contributed by atoms with Gasteiger partial charge in [-0.2, -0.15) is 18.3 Å². The monoisotopic (exact) mass is 631 g/mol. The zero-order chi connectivity index (χ0) is 32.5. The fourth-order valence-corrected chi connectivity index (χ4v) is 5.18. The molecular weight excluding hydrogens is 605 g/mol. The van der Waals surface area contributed by atoms with Crippen LogP contribution in [0.25, 0.3) is 22.2 Å². The van der Waals surface area contributed by atoms with E-state index in [1.54, 1.807) is 0 Å². The van der Waals surface area contributed by atoms with E-state index < -0.39 is 52.9 Å². The Balaban J connectivity index is 1.39. The third kappa shape index (κ3) is 4.90. The molecular formula is C30H26F5N5O5. The number of benzene rings is 2. The first-order valence-electron chi connectivity index (χ1n) is 13.7. The van der Waals surface area contributed by atoms with E-state index in [2.05, 4.69) is 15.4 Å². The van der Waals surface area contributed by atoms with Crippen LogP contribution in [-0.2, 0) is 21.6 Å². The van der Waals surface area contributed by atoms with Gasteiger partial charge < -0.3 is 25.6 Å². The first-order valence-corrected chi connectivity index (χ1v) is 13.7. The summed E-state index contributed by atoms with van der Waals surface area (Å²) in [6.07, 6.45) is -3.50. The first-order chi connectivity index (χ1) is 21.1. The van der Waals surface area contributed by atoms with E-state index in [9.17, 15) is 36.6 Å². The zero-order valence-corrected chi connectivity index (χ0v) is 23.8. The molecule has 2 aromatic carbocycles. The highest BCUT2D eigenvalue weighted by atomic mass is 19.4. The van der Waals surface area contributed by atoms with Gasteiger partial charge >= 0.3 is 6.18 Å². The summed E-state index contributed by atoms with van der Waals surface area (Å²) < 4.78 is 84.4. The van der Waals surface area contributed by atoms with Gasteiger partial charge in [0.25, 0.3) is 5.91 Å². The molecule has 1 aliphatic carbocycles. The summed E-state index contributed by atoms with van der Waals surface area (Å²) in [6.45, 7) is -0.346. The van der Waals surface area contributed by atoms with E-state index in [4.69, 9.17) is 15.2 Å². The molecule has 6 rings (SSSR count). The lowest BCUT2D eigenvalue weighted by atomic mass is 9.81. The molecule has 0 radical (unpaired) electrons. The highest BCUT2D eigenvalue weighted by Crippen LogP contribution is 2.48. The van der Waals surface area contributed by atoms with Crippen LogP contribution in [0.4, 0.5) is 22.0 Å². The number of primary amides is 1. The molecule has 4 aromatic rings. The molecule has 0 bridgehead atoms. The maximum absolute atomic E-state index is 14.7. The lowest BCUT2D eigenvalue weighted by Crippen LogP contribution is -2.51. The summed E-state index contributed by atoms with van der Waals surface area (Å²) in [5, 5.41) is 17.9. The Kier molecular flexibility index (Phi) is 6.80. The van der Waals surface area contributed by atoms with Crippen LogP contribution in [0.1, 0.15) is 41.4 Å². The summed E-state index contributed by atoms with van der Waals surface area (Å²) in [4.78, 5) is 29.7. The van der Waals surface area contributed by atoms with Crippen molar-refractivity contribution in [3.63, 3.8) is 0 Å². The van der Waals surface area contributed by atoms with Crippen LogP contribution in [0.15, 0.2) is 48.7 Å². The Bertz CT molecular complexity index is 1860. The highest BCUT2D eigenvalue weighted by molar-refractivity contribution is 6.00. The van der Waals surface area contributed by atoms with Crippen LogP contribution in [0.3, 0.4) is 0 Å². The van der Waals surface area contributed by atoms with Crippen LogP contribution in [0.5, 0.6) is 11.5 Å². The summed E-state index contributed by atoms with van der Waals surface area (Å²) in [5.41, 5.74) is -0.763. The van der Waals surface area contributed by atoms with Crippen LogP contribution in [0.2, 0.25) is 0 Å². The SMILES string of the molecule is COc1cc(C(=O)NC[C@](O)(c2cc3c(c(-c4ccc(F)cc4)n2)OC[C@]3(C)C(N)=O)C(F)(F)F)cc2cn(C3(F)CC3)nc12. The Morgan fingerprint density at radius 1 is 1.18 bits per heavy atom. The second-order valence-corrected chi connectivity index (χ2v) is 11.4. The average molecular weight is 632 g/mol. The third-order valence-electron chi connectivity index (χ3n) is 8.26. The molecule has 3 heterocycles. The van der Waals surface area contributed by atoms with Crippen molar-refractivity contribution in [2.75, 3.05) is 20.3 Å². The highest BCUT2D eigenvalue weighted by Gasteiger charge is 2.58. The van der Waals surface area contributed by atoms with Gasteiger partial charge in [-0.3, -0.25) is 9.59 Å². The topological polar surface area (TPSA) is 142 Å². The summed E-state index contributed by atoms with van der Waals surface area (Å²) in [7, 11) is 1.29. The number of fused-ring (bicyclic) bond motifs is 2. The van der Waals surface area contributed by atoms with Crippen molar-refractivity contribution >= 4 is 22.7 Å². The third-order valence-corrected chi connectivity index (χ3v) is 8.26. The molecule has 2 atom stereocenters. The second-order valence-electron chi connectivity index (χ2n) is 11.4. The number of nitrogens with zero attached hydrogens (tertiary/aromatic N) is 3. The second kappa shape index (κ2) is 10.1. The molecule has 0 unspecified atom stereocenters. The van der Waals surface area contributed by atoms with Gasteiger partial charge in [0.1, 0.15) is 40.5 Å². The van der Waals surface area contributed by atoms with Crippen molar-refractivity contribution in [2.24, 2.45) is 5.73 Å². The molecule has 0 saturated heterocycles. The van der Waals surface area contributed by atoms with E-state index in [1.165, 1.54) is 44.5 Å². The molecule has 10 nitrogen and oxygen atoms in total. The summed E-state index contributed by atoms with van der Waals surface area (Å²) in [5.74, 6) is -4.16. The van der Waals surface area contributed by atoms with Crippen LogP contribution in [0, 0.1) is 5.82 Å². The fraction of sp³-hybridized carbons (Fsp3) is 0.333. The van der Waals surface area contributed by atoms with Crippen molar-refractivity contribution in [3.8, 4) is 22.8 Å². The number of carbonyl (C=O) groups excluding carboxylic acids is 2. The minimum Gasteiger partial charge on any atom is -0.494 e. The quantitative estimate of drug-likeness (QED) is 0.250. The Labute approximate surface area is 251 Å². The zero-order valence-electron chi connectivity index (χ0n) is 23.8. The number of methoxy groups -OCH3 is 1. The number of nitrogens with one attached hydrogen (secondary N) is 1. The number of rotatable bonds is 8. The minimum absolute atomic E-state index is 0.0533. The van der Waals surface area contributed by atoms with Gasteiger partial charge in [0.2, 0.25) is 17.3 Å². The standard InChI is InChI=1S/C30H26F5N5O5/c1-27(26(36)42)14-45-24-19(27)11-21(38-23(24)15-3-5-18(31)6-4-15)29(43,30(33,34)35)13-37-25(41)16-9-17-12-40(28(32)7-8-28)39-22(17)20(10-16)44-2/h3-6,9-12,43H,7-8,13-14H2,1-2H3,(H2,36,42)(H,37,41)/t27-,29-/m0/s1. The number of alkyl halides is 4. The normalized spacial score (nSPS) is 19.8. The molecule has 1 aliphatic heterocycles. The smallest absolute Gasteiger partial charge is 0.424 e. The molecule has 45 heavy (non-hydrogen) atoms. The first kappa shape index (κ1) is 30.2. The van der Waals surface area contributed by atoms with Crippen molar-refractivity contribution in [1.29, 1.82) is 0 Å². The molecule has 1 saturated carbocycles. The number of hydrogen-bond donors (Lipinski definition) is 3. The molecule has 2 amide bonds. The number of hydrogen-bond acceptors (Lipinski definition) is 7. The fourth-order valence-electron chi connectivity index (χ4n) is 5.18. The van der Waals surface area contributed by atoms with Gasteiger partial charge in [-0.15, -0.1) is 0 Å². The van der Waals surface area contributed by atoms with Gasteiger partial charge in [-0.05, 0) is 49.4 Å². The lowest BCUT2D eigenvalue weighted by molar-refractivity contribution is -0.265. The van der Waals surface area contributed by atoms with Gasteiger partial charge in [0.15, 0.2) is 0 Å². The molecule has 4 N–H and O–H groups in total. The van der Waals surface area contributed by atoms with E-state index >= 15 is 0 Å². The summed E-state index contributed by atoms with van der Waals surface area (Å²) >= 11 is 0. The molecule has 236 valence electrons. The van der Waals surface area contributed by atoms with Crippen molar-refractivity contribution in [1.82, 2.24) is 20.1 Å². The molecule has 2 aromatic heterocycles. The number of nitrogens with two attached hydrogens (primary N) is 1. The molecule has 0 spiro atoms. The number of amides is 2. The maximum atomic E-state index is 14.7. The Morgan fingerprint density at radius 3 is 2.47 bits per heavy atom. The van der Waals surface area contributed by atoms with Crippen LogP contribution < -0.4 is 20.5 Å². The average Bonchev–Trinajstić information content (AvgIpc) is 3.43.